The molecular formula is C28H30N2O4. The van der Waals surface area contributed by atoms with E-state index in [2.05, 4.69) is 29.2 Å². The van der Waals surface area contributed by atoms with Crippen LogP contribution >= 0.6 is 0 Å². The Kier molecular flexibility index (Phi) is 5.56. The van der Waals surface area contributed by atoms with Crippen LogP contribution < -0.4 is 9.47 Å². The Morgan fingerprint density at radius 2 is 1.82 bits per heavy atom. The van der Waals surface area contributed by atoms with Crippen molar-refractivity contribution >= 4 is 5.91 Å². The minimum absolute atomic E-state index is 0.123. The average molecular weight is 459 g/mol. The molecule has 1 amide bonds. The monoisotopic (exact) mass is 458 g/mol. The van der Waals surface area contributed by atoms with Crippen molar-refractivity contribution in [1.82, 2.24) is 9.88 Å². The summed E-state index contributed by atoms with van der Waals surface area (Å²) in [6, 6.07) is 18.2. The van der Waals surface area contributed by atoms with Gasteiger partial charge in [-0.05, 0) is 18.1 Å². The number of hydrogen-bond donors (Lipinski definition) is 1. The molecule has 1 fully saturated rings. The zero-order valence-electron chi connectivity index (χ0n) is 19.9. The molecule has 1 aliphatic heterocycles. The number of aliphatic hydroxyl groups excluding tert-OH is 1. The molecule has 0 unspecified atom stereocenters. The van der Waals surface area contributed by atoms with E-state index in [4.69, 9.17) is 9.47 Å². The Labute approximate surface area is 200 Å². The van der Waals surface area contributed by atoms with Gasteiger partial charge in [-0.2, -0.15) is 0 Å². The second kappa shape index (κ2) is 8.44. The zero-order valence-corrected chi connectivity index (χ0v) is 19.9. The molecule has 0 radical (unpaired) electrons. The van der Waals surface area contributed by atoms with Gasteiger partial charge in [0.05, 0.1) is 31.5 Å². The summed E-state index contributed by atoms with van der Waals surface area (Å²) in [6.07, 6.45) is 2.93. The number of fused-ring (bicyclic) bond motifs is 4. The Hall–Kier alpha value is -3.38. The van der Waals surface area contributed by atoms with Crippen LogP contribution in [0.25, 0.3) is 0 Å². The van der Waals surface area contributed by atoms with Crippen LogP contribution in [0, 0.1) is 12.8 Å². The van der Waals surface area contributed by atoms with Crippen molar-refractivity contribution in [3.05, 3.63) is 89.2 Å². The molecule has 0 saturated heterocycles. The van der Waals surface area contributed by atoms with E-state index < -0.39 is 23.5 Å². The molecule has 6 nitrogen and oxygen atoms in total. The molecule has 2 aliphatic rings. The van der Waals surface area contributed by atoms with Crippen LogP contribution in [-0.4, -0.2) is 48.2 Å². The van der Waals surface area contributed by atoms with Gasteiger partial charge in [0.2, 0.25) is 5.91 Å². The van der Waals surface area contributed by atoms with Crippen molar-refractivity contribution in [1.29, 1.82) is 0 Å². The minimum atomic E-state index is -0.919. The SMILES string of the molecule is COc1cncc2c1[C@@H]1C[C@@](c3ccc(C)cc3)(O2)[C@H](c2ccccc2)[C@@H](C(=O)N(C)C)[C@H]1O. The van der Waals surface area contributed by atoms with Crippen molar-refractivity contribution in [2.45, 2.75) is 36.9 Å². The zero-order chi connectivity index (χ0) is 24.0. The molecule has 5 atom stereocenters. The largest absolute Gasteiger partial charge is 0.495 e. The number of nitrogens with zero attached hydrogens (tertiary/aromatic N) is 2. The number of ether oxygens (including phenoxy) is 2. The fourth-order valence-electron chi connectivity index (χ4n) is 5.84. The van der Waals surface area contributed by atoms with Crippen molar-refractivity contribution in [2.24, 2.45) is 5.92 Å². The molecule has 2 aromatic carbocycles. The smallest absolute Gasteiger partial charge is 0.228 e. The maximum Gasteiger partial charge on any atom is 0.228 e. The number of rotatable bonds is 4. The quantitative estimate of drug-likeness (QED) is 0.639. The van der Waals surface area contributed by atoms with Gasteiger partial charge in [0.25, 0.3) is 0 Å². The summed E-state index contributed by atoms with van der Waals surface area (Å²) in [4.78, 5) is 19.6. The van der Waals surface area contributed by atoms with Crippen molar-refractivity contribution in [2.75, 3.05) is 21.2 Å². The van der Waals surface area contributed by atoms with Gasteiger partial charge in [-0.1, -0.05) is 60.2 Å². The highest BCUT2D eigenvalue weighted by atomic mass is 16.5. The summed E-state index contributed by atoms with van der Waals surface area (Å²) in [5.41, 5.74) is 2.99. The molecule has 1 aliphatic carbocycles. The van der Waals surface area contributed by atoms with Gasteiger partial charge in [-0.25, -0.2) is 0 Å². The van der Waals surface area contributed by atoms with Crippen LogP contribution in [0.15, 0.2) is 67.0 Å². The third-order valence-electron chi connectivity index (χ3n) is 7.39. The van der Waals surface area contributed by atoms with E-state index in [-0.39, 0.29) is 11.8 Å². The lowest BCUT2D eigenvalue weighted by atomic mass is 9.56. The van der Waals surface area contributed by atoms with E-state index in [1.165, 1.54) is 0 Å². The molecule has 1 aromatic heterocycles. The third kappa shape index (κ3) is 3.36. The van der Waals surface area contributed by atoms with Crippen LogP contribution in [-0.2, 0) is 10.4 Å². The number of methoxy groups -OCH3 is 1. The Bertz CT molecular complexity index is 1190. The molecule has 34 heavy (non-hydrogen) atoms. The highest BCUT2D eigenvalue weighted by Crippen LogP contribution is 2.62. The molecule has 3 aromatic rings. The first-order valence-electron chi connectivity index (χ1n) is 11.6. The molecule has 6 heteroatoms. The summed E-state index contributed by atoms with van der Waals surface area (Å²) in [5, 5.41) is 11.8. The number of aliphatic hydroxyl groups is 1. The van der Waals surface area contributed by atoms with Gasteiger partial charge >= 0.3 is 0 Å². The Morgan fingerprint density at radius 3 is 2.47 bits per heavy atom. The number of aromatic nitrogens is 1. The van der Waals surface area contributed by atoms with Crippen LogP contribution in [0.2, 0.25) is 0 Å². The van der Waals surface area contributed by atoms with Crippen LogP contribution in [0.3, 0.4) is 0 Å². The average Bonchev–Trinajstić information content (AvgIpc) is 2.85. The molecule has 1 N–H and O–H groups in total. The molecule has 5 rings (SSSR count). The van der Waals surface area contributed by atoms with Crippen molar-refractivity contribution in [3.8, 4) is 11.5 Å². The Balaban J connectivity index is 1.82. The third-order valence-corrected chi connectivity index (χ3v) is 7.39. The van der Waals surface area contributed by atoms with Crippen LogP contribution in [0.4, 0.5) is 0 Å². The van der Waals surface area contributed by atoms with E-state index in [1.54, 1.807) is 38.5 Å². The van der Waals surface area contributed by atoms with E-state index in [9.17, 15) is 9.90 Å². The first-order valence-corrected chi connectivity index (χ1v) is 11.6. The number of aryl methyl sites for hydroxylation is 1. The lowest BCUT2D eigenvalue weighted by Gasteiger charge is -2.55. The van der Waals surface area contributed by atoms with Gasteiger partial charge in [-0.3, -0.25) is 9.78 Å². The van der Waals surface area contributed by atoms with Gasteiger partial charge < -0.3 is 19.5 Å². The fraction of sp³-hybridized carbons (Fsp3) is 0.357. The van der Waals surface area contributed by atoms with Gasteiger partial charge in [-0.15, -0.1) is 0 Å². The number of carbonyl (C=O) groups is 1. The van der Waals surface area contributed by atoms with Crippen LogP contribution in [0.1, 0.15) is 40.5 Å². The molecule has 2 bridgehead atoms. The summed E-state index contributed by atoms with van der Waals surface area (Å²) in [7, 11) is 5.06. The molecule has 1 saturated carbocycles. The molecule has 0 spiro atoms. The maximum absolute atomic E-state index is 13.7. The predicted octanol–water partition coefficient (Wildman–Crippen LogP) is 4.02. The fourth-order valence-corrected chi connectivity index (χ4v) is 5.84. The molecular weight excluding hydrogens is 428 g/mol. The molecule has 176 valence electrons. The Morgan fingerprint density at radius 1 is 1.12 bits per heavy atom. The summed E-state index contributed by atoms with van der Waals surface area (Å²) in [6.45, 7) is 2.05. The lowest BCUT2D eigenvalue weighted by molar-refractivity contribution is -0.153. The van der Waals surface area contributed by atoms with Crippen molar-refractivity contribution in [3.63, 3.8) is 0 Å². The summed E-state index contributed by atoms with van der Waals surface area (Å²) >= 11 is 0. The maximum atomic E-state index is 13.7. The lowest BCUT2D eigenvalue weighted by Crippen LogP contribution is -2.59. The highest BCUT2D eigenvalue weighted by Gasteiger charge is 2.61. The normalized spacial score (nSPS) is 27.3. The van der Waals surface area contributed by atoms with E-state index in [0.717, 1.165) is 22.3 Å². The number of hydrogen-bond acceptors (Lipinski definition) is 5. The number of benzene rings is 2. The van der Waals surface area contributed by atoms with E-state index in [0.29, 0.717) is 17.9 Å². The van der Waals surface area contributed by atoms with E-state index >= 15 is 0 Å². The van der Waals surface area contributed by atoms with Gasteiger partial charge in [0, 0.05) is 37.9 Å². The first kappa shape index (κ1) is 22.4. The molecule has 2 heterocycles. The minimum Gasteiger partial charge on any atom is -0.495 e. The number of pyridine rings is 1. The summed E-state index contributed by atoms with van der Waals surface area (Å²) in [5.74, 6) is -0.431. The van der Waals surface area contributed by atoms with Gasteiger partial charge in [0.1, 0.15) is 17.1 Å². The predicted molar refractivity (Wildman–Crippen MR) is 129 cm³/mol. The van der Waals surface area contributed by atoms with E-state index in [1.807, 2.05) is 37.3 Å². The summed E-state index contributed by atoms with van der Waals surface area (Å²) < 4.78 is 12.5. The second-order valence-corrected chi connectivity index (χ2v) is 9.56. The highest BCUT2D eigenvalue weighted by molar-refractivity contribution is 5.81. The topological polar surface area (TPSA) is 71.9 Å². The van der Waals surface area contributed by atoms with Crippen molar-refractivity contribution < 1.29 is 19.4 Å². The first-order chi connectivity index (χ1) is 16.4. The second-order valence-electron chi connectivity index (χ2n) is 9.56. The number of carbonyl (C=O) groups excluding carboxylic acids is 1. The number of amides is 1. The standard InChI is InChI=1S/C28H30N2O4/c1-17-10-12-19(13-11-17)28-14-20(23-21(33-4)15-29-16-22(23)34-28)26(31)24(27(32)30(2)3)25(28)18-8-6-5-7-9-18/h5-13,15-16,20,24-26,31H,14H2,1-4H3/t20-,24+,25+,26-,28-/m0/s1. The van der Waals surface area contributed by atoms with Crippen LogP contribution in [0.5, 0.6) is 11.5 Å². The van der Waals surface area contributed by atoms with Gasteiger partial charge in [0.15, 0.2) is 0 Å².